The summed E-state index contributed by atoms with van der Waals surface area (Å²) in [4.78, 5) is 16.6. The number of halogens is 3. The molecule has 144 valence electrons. The van der Waals surface area contributed by atoms with Gasteiger partial charge in [-0.25, -0.2) is 4.98 Å². The minimum absolute atomic E-state index is 0.171. The van der Waals surface area contributed by atoms with E-state index in [2.05, 4.69) is 15.4 Å². The van der Waals surface area contributed by atoms with Gasteiger partial charge in [0.25, 0.3) is 0 Å². The summed E-state index contributed by atoms with van der Waals surface area (Å²) in [6.45, 7) is -0.383. The van der Waals surface area contributed by atoms with Crippen LogP contribution >= 0.6 is 11.3 Å². The van der Waals surface area contributed by atoms with E-state index in [0.717, 1.165) is 23.5 Å². The lowest BCUT2D eigenvalue weighted by Gasteiger charge is -2.17. The first-order chi connectivity index (χ1) is 12.8. The molecule has 27 heavy (non-hydrogen) atoms. The number of carbonyl (C=O) groups excluding carboxylic acids is 1. The van der Waals surface area contributed by atoms with E-state index >= 15 is 0 Å². The molecule has 1 atom stereocenters. The van der Waals surface area contributed by atoms with Gasteiger partial charge in [0.2, 0.25) is 5.91 Å². The number of aromatic nitrogens is 1. The van der Waals surface area contributed by atoms with Gasteiger partial charge in [0, 0.05) is 26.1 Å². The van der Waals surface area contributed by atoms with Gasteiger partial charge in [-0.05, 0) is 11.6 Å². The molecule has 0 bridgehead atoms. The number of nitrogens with one attached hydrogen (secondary N) is 1. The summed E-state index contributed by atoms with van der Waals surface area (Å²) in [6.07, 6.45) is -2.12. The maximum atomic E-state index is 12.8. The van der Waals surface area contributed by atoms with Crippen LogP contribution in [0.4, 0.5) is 18.2 Å². The lowest BCUT2D eigenvalue weighted by Crippen LogP contribution is -2.36. The van der Waals surface area contributed by atoms with Crippen molar-refractivity contribution in [2.75, 3.05) is 12.4 Å². The Morgan fingerprint density at radius 2 is 2.22 bits per heavy atom. The molecule has 0 aliphatic carbocycles. The number of aliphatic hydroxyl groups is 1. The predicted molar refractivity (Wildman–Crippen MR) is 95.6 cm³/mol. The summed E-state index contributed by atoms with van der Waals surface area (Å²) in [6, 6.07) is 4.57. The zero-order valence-corrected chi connectivity index (χ0v) is 15.1. The second kappa shape index (κ2) is 7.65. The second-order valence-electron chi connectivity index (χ2n) is 6.03. The van der Waals surface area contributed by atoms with E-state index < -0.39 is 17.8 Å². The van der Waals surface area contributed by atoms with Crippen LogP contribution in [-0.4, -0.2) is 40.3 Å². The Hall–Kier alpha value is -2.46. The van der Waals surface area contributed by atoms with Gasteiger partial charge in [0.15, 0.2) is 0 Å². The number of alkyl halides is 3. The van der Waals surface area contributed by atoms with Crippen molar-refractivity contribution in [1.29, 1.82) is 0 Å². The molecule has 0 saturated heterocycles. The molecule has 2 heterocycles. The van der Waals surface area contributed by atoms with Crippen LogP contribution in [0.5, 0.6) is 0 Å². The molecular formula is C17H17F3N4O2S. The molecular weight excluding hydrogens is 381 g/mol. The molecule has 0 fully saturated rings. The largest absolute Gasteiger partial charge is 0.416 e. The first-order valence-corrected chi connectivity index (χ1v) is 8.91. The van der Waals surface area contributed by atoms with Crippen molar-refractivity contribution in [2.45, 2.75) is 31.7 Å². The smallest absolute Gasteiger partial charge is 0.390 e. The fourth-order valence-electron chi connectivity index (χ4n) is 2.69. The van der Waals surface area contributed by atoms with Crippen molar-refractivity contribution >= 4 is 28.5 Å². The van der Waals surface area contributed by atoms with Crippen LogP contribution in [0.2, 0.25) is 0 Å². The van der Waals surface area contributed by atoms with Crippen LogP contribution in [0.25, 0.3) is 0 Å². The van der Waals surface area contributed by atoms with Crippen LogP contribution < -0.4 is 5.32 Å². The van der Waals surface area contributed by atoms with E-state index in [1.54, 1.807) is 24.3 Å². The Kier molecular flexibility index (Phi) is 5.47. The topological polar surface area (TPSA) is 77.8 Å². The minimum Gasteiger partial charge on any atom is -0.390 e. The van der Waals surface area contributed by atoms with Crippen molar-refractivity contribution < 1.29 is 23.1 Å². The second-order valence-corrected chi connectivity index (χ2v) is 7.11. The average molecular weight is 398 g/mol. The standard InChI is InChI=1S/C17H17F3N4O2S/c1-24-13(5-6-21-24)15(26)23-16-12(9-25)22-14(27-16)8-10-3-2-4-11(7-10)17(18,19)20/h2-4,6-7,13,25H,5,8-9H2,1H3,(H,23,26). The quantitative estimate of drug-likeness (QED) is 0.812. The maximum absolute atomic E-state index is 12.8. The summed E-state index contributed by atoms with van der Waals surface area (Å²) in [7, 11) is 1.69. The lowest BCUT2D eigenvalue weighted by molar-refractivity contribution is -0.137. The molecule has 0 saturated carbocycles. The van der Waals surface area contributed by atoms with Crippen LogP contribution in [0.15, 0.2) is 29.4 Å². The number of benzene rings is 1. The maximum Gasteiger partial charge on any atom is 0.416 e. The predicted octanol–water partition coefficient (Wildman–Crippen LogP) is 2.87. The molecule has 1 aromatic carbocycles. The number of carbonyl (C=O) groups is 1. The van der Waals surface area contributed by atoms with Crippen molar-refractivity contribution in [3.05, 3.63) is 46.1 Å². The van der Waals surface area contributed by atoms with Crippen LogP contribution in [-0.2, 0) is 24.0 Å². The van der Waals surface area contributed by atoms with Crippen molar-refractivity contribution in [3.63, 3.8) is 0 Å². The van der Waals surface area contributed by atoms with Gasteiger partial charge in [0.05, 0.1) is 17.2 Å². The van der Waals surface area contributed by atoms with Crippen molar-refractivity contribution in [3.8, 4) is 0 Å². The Labute approximate surface area is 157 Å². The highest BCUT2D eigenvalue weighted by atomic mass is 32.1. The van der Waals surface area contributed by atoms with Gasteiger partial charge >= 0.3 is 6.18 Å². The molecule has 1 unspecified atom stereocenters. The number of nitrogens with zero attached hydrogens (tertiary/aromatic N) is 3. The molecule has 2 aromatic rings. The Morgan fingerprint density at radius 3 is 2.85 bits per heavy atom. The van der Waals surface area contributed by atoms with E-state index in [1.165, 1.54) is 6.07 Å². The van der Waals surface area contributed by atoms with Crippen molar-refractivity contribution in [2.24, 2.45) is 5.10 Å². The van der Waals surface area contributed by atoms with Crippen molar-refractivity contribution in [1.82, 2.24) is 9.99 Å². The first-order valence-electron chi connectivity index (χ1n) is 8.09. The Bertz CT molecular complexity index is 866. The van der Waals surface area contributed by atoms with E-state index in [9.17, 15) is 23.1 Å². The number of amides is 1. The number of rotatable bonds is 5. The summed E-state index contributed by atoms with van der Waals surface area (Å²) in [5.74, 6) is -0.279. The molecule has 0 spiro atoms. The third kappa shape index (κ3) is 4.45. The summed E-state index contributed by atoms with van der Waals surface area (Å²) >= 11 is 1.14. The summed E-state index contributed by atoms with van der Waals surface area (Å²) < 4.78 is 38.5. The third-order valence-corrected chi connectivity index (χ3v) is 5.10. The minimum atomic E-state index is -4.41. The lowest BCUT2D eigenvalue weighted by atomic mass is 10.1. The normalized spacial score (nSPS) is 16.8. The van der Waals surface area contributed by atoms with Gasteiger partial charge in [0.1, 0.15) is 16.7 Å². The number of anilines is 1. The third-order valence-electron chi connectivity index (χ3n) is 4.08. The van der Waals surface area contributed by atoms with E-state index in [1.807, 2.05) is 0 Å². The van der Waals surface area contributed by atoms with Gasteiger partial charge < -0.3 is 10.4 Å². The van der Waals surface area contributed by atoms with E-state index in [4.69, 9.17) is 0 Å². The molecule has 3 rings (SSSR count). The Balaban J connectivity index is 1.76. The van der Waals surface area contributed by atoms with Gasteiger partial charge in [-0.3, -0.25) is 9.80 Å². The number of hydrogen-bond acceptors (Lipinski definition) is 6. The molecule has 1 aromatic heterocycles. The van der Waals surface area contributed by atoms with Crippen LogP contribution in [0.1, 0.15) is 28.2 Å². The van der Waals surface area contributed by atoms with Gasteiger partial charge in [-0.2, -0.15) is 18.3 Å². The molecule has 6 nitrogen and oxygen atoms in total. The number of thiazole rings is 1. The fraction of sp³-hybridized carbons (Fsp3) is 0.353. The molecule has 1 aliphatic rings. The summed E-state index contributed by atoms with van der Waals surface area (Å²) in [5.41, 5.74) is 0.0125. The zero-order chi connectivity index (χ0) is 19.6. The number of aliphatic hydroxyl groups excluding tert-OH is 1. The molecule has 1 amide bonds. The monoisotopic (exact) mass is 398 g/mol. The zero-order valence-electron chi connectivity index (χ0n) is 14.3. The summed E-state index contributed by atoms with van der Waals surface area (Å²) in [5, 5.41) is 18.7. The van der Waals surface area contributed by atoms with Crippen LogP contribution in [0.3, 0.4) is 0 Å². The van der Waals surface area contributed by atoms with Gasteiger partial charge in [-0.15, -0.1) is 11.3 Å². The highest BCUT2D eigenvalue weighted by Gasteiger charge is 2.30. The number of hydrazone groups is 1. The van der Waals surface area contributed by atoms with E-state index in [0.29, 0.717) is 22.0 Å². The van der Waals surface area contributed by atoms with Gasteiger partial charge in [-0.1, -0.05) is 18.2 Å². The molecule has 0 radical (unpaired) electrons. The van der Waals surface area contributed by atoms with E-state index in [-0.39, 0.29) is 24.6 Å². The first kappa shape index (κ1) is 19.3. The number of hydrogen-bond donors (Lipinski definition) is 2. The molecule has 1 aliphatic heterocycles. The van der Waals surface area contributed by atoms with Crippen LogP contribution in [0, 0.1) is 0 Å². The SMILES string of the molecule is CN1N=CCC1C(=O)Nc1sc(Cc2cccc(C(F)(F)F)c2)nc1CO. The molecule has 10 heteroatoms. The highest BCUT2D eigenvalue weighted by molar-refractivity contribution is 7.16. The number of likely N-dealkylation sites (N-methyl/N-ethyl adjacent to an activating group) is 1. The average Bonchev–Trinajstić information content (AvgIpc) is 3.20. The fourth-order valence-corrected chi connectivity index (χ4v) is 3.70. The Morgan fingerprint density at radius 1 is 1.44 bits per heavy atom. The molecule has 2 N–H and O–H groups in total. The highest BCUT2D eigenvalue weighted by Crippen LogP contribution is 2.31.